The quantitative estimate of drug-likeness (QED) is 0.677. The lowest BCUT2D eigenvalue weighted by atomic mass is 10.2. The number of aliphatic hydroxyl groups is 1. The number of aromatic amines is 1. The summed E-state index contributed by atoms with van der Waals surface area (Å²) in [5.41, 5.74) is 2.89. The van der Waals surface area contributed by atoms with E-state index in [0.717, 1.165) is 16.7 Å². The molecule has 0 amide bonds. The van der Waals surface area contributed by atoms with Crippen LogP contribution in [0.4, 0.5) is 5.69 Å². The predicted molar refractivity (Wildman–Crippen MR) is 85.0 cm³/mol. The summed E-state index contributed by atoms with van der Waals surface area (Å²) in [5.74, 6) is 0.854. The van der Waals surface area contributed by atoms with Crippen LogP contribution in [0.5, 0.6) is 0 Å². The molecule has 1 aliphatic heterocycles. The Morgan fingerprint density at radius 1 is 1.18 bits per heavy atom. The van der Waals surface area contributed by atoms with E-state index >= 15 is 0 Å². The molecule has 0 spiro atoms. The van der Waals surface area contributed by atoms with Crippen molar-refractivity contribution in [3.8, 4) is 0 Å². The number of para-hydroxylation sites is 2. The van der Waals surface area contributed by atoms with Crippen LogP contribution >= 0.6 is 0 Å². The normalized spacial score (nSPS) is 15.1. The first kappa shape index (κ1) is 12.6. The highest BCUT2D eigenvalue weighted by Crippen LogP contribution is 2.30. The van der Waals surface area contributed by atoms with E-state index in [1.54, 1.807) is 23.4 Å². The van der Waals surface area contributed by atoms with Crippen molar-refractivity contribution in [1.29, 1.82) is 5.41 Å². The van der Waals surface area contributed by atoms with Crippen LogP contribution in [0.3, 0.4) is 0 Å². The van der Waals surface area contributed by atoms with E-state index in [-0.39, 0.29) is 18.1 Å². The van der Waals surface area contributed by atoms with Crippen molar-refractivity contribution in [2.24, 2.45) is 0 Å². The smallest absolute Gasteiger partial charge is 0.145 e. The SMILES string of the molecule is N=C1C(c2nc3ccccc3[nH]2)=C(O)CN1c1cccnc1. The standard InChI is InChI=1S/C16H13N5O/c17-15-14(16-19-11-5-1-2-6-12(11)20-16)13(22)9-21(15)10-4-3-7-18-8-10/h1-8,17,22H,9H2,(H,19,20). The van der Waals surface area contributed by atoms with Crippen molar-refractivity contribution in [2.75, 3.05) is 11.4 Å². The van der Waals surface area contributed by atoms with Gasteiger partial charge in [0.1, 0.15) is 17.4 Å². The number of nitrogens with one attached hydrogen (secondary N) is 2. The van der Waals surface area contributed by atoms with Crippen LogP contribution in [-0.4, -0.2) is 32.4 Å². The maximum absolute atomic E-state index is 10.3. The molecule has 0 atom stereocenters. The number of hydrogen-bond acceptors (Lipinski definition) is 4. The van der Waals surface area contributed by atoms with Gasteiger partial charge in [-0.1, -0.05) is 12.1 Å². The number of benzene rings is 1. The van der Waals surface area contributed by atoms with Crippen molar-refractivity contribution >= 4 is 28.1 Å². The maximum Gasteiger partial charge on any atom is 0.145 e. The molecule has 0 bridgehead atoms. The first-order chi connectivity index (χ1) is 10.7. The van der Waals surface area contributed by atoms with Gasteiger partial charge >= 0.3 is 0 Å². The number of aliphatic hydroxyl groups excluding tert-OH is 1. The number of imidazole rings is 1. The Morgan fingerprint density at radius 2 is 2.05 bits per heavy atom. The number of nitrogens with zero attached hydrogens (tertiary/aromatic N) is 3. The average Bonchev–Trinajstić information content (AvgIpc) is 3.08. The van der Waals surface area contributed by atoms with Gasteiger partial charge in [0.05, 0.1) is 35.0 Å². The van der Waals surface area contributed by atoms with Crippen molar-refractivity contribution < 1.29 is 5.11 Å². The molecule has 1 aromatic carbocycles. The molecule has 6 nitrogen and oxygen atoms in total. The summed E-state index contributed by atoms with van der Waals surface area (Å²) in [6.07, 6.45) is 3.35. The second-order valence-electron chi connectivity index (χ2n) is 5.07. The van der Waals surface area contributed by atoms with Crippen LogP contribution in [0.2, 0.25) is 0 Å². The lowest BCUT2D eigenvalue weighted by Gasteiger charge is -2.17. The first-order valence-corrected chi connectivity index (χ1v) is 6.88. The Kier molecular flexibility index (Phi) is 2.69. The third-order valence-electron chi connectivity index (χ3n) is 3.69. The fraction of sp³-hybridized carbons (Fsp3) is 0.0625. The molecular formula is C16H13N5O. The average molecular weight is 291 g/mol. The van der Waals surface area contributed by atoms with Crippen molar-refractivity contribution in [3.05, 3.63) is 60.4 Å². The number of rotatable bonds is 2. The fourth-order valence-electron chi connectivity index (χ4n) is 2.63. The number of amidine groups is 1. The fourth-order valence-corrected chi connectivity index (χ4v) is 2.63. The Labute approximate surface area is 126 Å². The first-order valence-electron chi connectivity index (χ1n) is 6.88. The van der Waals surface area contributed by atoms with Crippen LogP contribution in [0, 0.1) is 5.41 Å². The molecule has 2 aromatic heterocycles. The van der Waals surface area contributed by atoms with Gasteiger partial charge in [0.25, 0.3) is 0 Å². The third kappa shape index (κ3) is 1.85. The highest BCUT2D eigenvalue weighted by Gasteiger charge is 2.31. The number of pyridine rings is 1. The third-order valence-corrected chi connectivity index (χ3v) is 3.69. The van der Waals surface area contributed by atoms with E-state index in [4.69, 9.17) is 5.41 Å². The Bertz CT molecular complexity index is 864. The molecule has 1 aliphatic rings. The molecule has 0 saturated heterocycles. The summed E-state index contributed by atoms with van der Waals surface area (Å²) in [4.78, 5) is 13.4. The van der Waals surface area contributed by atoms with Gasteiger partial charge in [-0.3, -0.25) is 10.4 Å². The molecule has 3 N–H and O–H groups in total. The predicted octanol–water partition coefficient (Wildman–Crippen LogP) is 2.72. The van der Waals surface area contributed by atoms with Crippen LogP contribution in [0.1, 0.15) is 5.82 Å². The van der Waals surface area contributed by atoms with Gasteiger partial charge in [-0.05, 0) is 24.3 Å². The lowest BCUT2D eigenvalue weighted by molar-refractivity contribution is 0.411. The van der Waals surface area contributed by atoms with Crippen molar-refractivity contribution in [1.82, 2.24) is 15.0 Å². The molecule has 0 fully saturated rings. The van der Waals surface area contributed by atoms with E-state index in [0.29, 0.717) is 11.4 Å². The summed E-state index contributed by atoms with van der Waals surface area (Å²) < 4.78 is 0. The zero-order valence-electron chi connectivity index (χ0n) is 11.6. The van der Waals surface area contributed by atoms with Crippen molar-refractivity contribution in [2.45, 2.75) is 0 Å². The molecule has 0 radical (unpaired) electrons. The molecule has 6 heteroatoms. The molecule has 0 aliphatic carbocycles. The van der Waals surface area contributed by atoms with Crippen molar-refractivity contribution in [3.63, 3.8) is 0 Å². The van der Waals surface area contributed by atoms with Gasteiger partial charge in [-0.2, -0.15) is 0 Å². The molecular weight excluding hydrogens is 278 g/mol. The van der Waals surface area contributed by atoms with Crippen LogP contribution in [0.15, 0.2) is 54.6 Å². The zero-order valence-corrected chi connectivity index (χ0v) is 11.6. The van der Waals surface area contributed by atoms with Gasteiger partial charge in [-0.15, -0.1) is 0 Å². The molecule has 0 saturated carbocycles. The molecule has 22 heavy (non-hydrogen) atoms. The van der Waals surface area contributed by atoms with Gasteiger partial charge in [0.15, 0.2) is 0 Å². The minimum absolute atomic E-state index is 0.132. The second-order valence-corrected chi connectivity index (χ2v) is 5.07. The Balaban J connectivity index is 1.75. The Hall–Kier alpha value is -3.15. The van der Waals surface area contributed by atoms with Gasteiger partial charge in [0.2, 0.25) is 0 Å². The molecule has 108 valence electrons. The topological polar surface area (TPSA) is 88.9 Å². The van der Waals surface area contributed by atoms with Crippen LogP contribution in [-0.2, 0) is 0 Å². The van der Waals surface area contributed by atoms with E-state index in [1.165, 1.54) is 0 Å². The summed E-state index contributed by atoms with van der Waals surface area (Å²) in [6, 6.07) is 11.3. The highest BCUT2D eigenvalue weighted by atomic mass is 16.3. The zero-order chi connectivity index (χ0) is 15.1. The highest BCUT2D eigenvalue weighted by molar-refractivity contribution is 6.30. The van der Waals surface area contributed by atoms with E-state index in [1.807, 2.05) is 30.3 Å². The minimum Gasteiger partial charge on any atom is -0.509 e. The van der Waals surface area contributed by atoms with Gasteiger partial charge < -0.3 is 15.0 Å². The Morgan fingerprint density at radius 3 is 2.82 bits per heavy atom. The lowest BCUT2D eigenvalue weighted by Crippen LogP contribution is -2.26. The summed E-state index contributed by atoms with van der Waals surface area (Å²) >= 11 is 0. The van der Waals surface area contributed by atoms with Crippen LogP contribution in [0.25, 0.3) is 16.6 Å². The summed E-state index contributed by atoms with van der Waals surface area (Å²) in [7, 11) is 0. The summed E-state index contributed by atoms with van der Waals surface area (Å²) in [5, 5.41) is 18.6. The maximum atomic E-state index is 10.3. The summed E-state index contributed by atoms with van der Waals surface area (Å²) in [6.45, 7) is 0.247. The van der Waals surface area contributed by atoms with Crippen LogP contribution < -0.4 is 4.90 Å². The number of aromatic nitrogens is 3. The van der Waals surface area contributed by atoms with E-state index in [9.17, 15) is 5.11 Å². The number of anilines is 1. The number of fused-ring (bicyclic) bond motifs is 1. The second kappa shape index (κ2) is 4.70. The van der Waals surface area contributed by atoms with E-state index in [2.05, 4.69) is 15.0 Å². The number of hydrogen-bond donors (Lipinski definition) is 3. The molecule has 3 heterocycles. The minimum atomic E-state index is 0.132. The number of H-pyrrole nitrogens is 1. The molecule has 0 unspecified atom stereocenters. The van der Waals surface area contributed by atoms with Gasteiger partial charge in [-0.25, -0.2) is 4.98 Å². The monoisotopic (exact) mass is 291 g/mol. The van der Waals surface area contributed by atoms with Gasteiger partial charge in [0, 0.05) is 6.20 Å². The largest absolute Gasteiger partial charge is 0.509 e. The van der Waals surface area contributed by atoms with E-state index < -0.39 is 0 Å². The molecule has 4 rings (SSSR count). The molecule has 3 aromatic rings.